The SMILES string of the molecule is COc1cc(C)cc(C)c1C1CCC(N)CC1. The highest BCUT2D eigenvalue weighted by Gasteiger charge is 2.24. The summed E-state index contributed by atoms with van der Waals surface area (Å²) in [6.07, 6.45) is 4.67. The molecule has 2 nitrogen and oxygen atoms in total. The first kappa shape index (κ1) is 12.4. The fraction of sp³-hybridized carbons (Fsp3) is 0.600. The van der Waals surface area contributed by atoms with Crippen LogP contribution in [-0.4, -0.2) is 13.2 Å². The number of rotatable bonds is 2. The van der Waals surface area contributed by atoms with Crippen molar-refractivity contribution < 1.29 is 4.74 Å². The third-order valence-corrected chi connectivity index (χ3v) is 3.89. The smallest absolute Gasteiger partial charge is 0.122 e. The molecule has 94 valence electrons. The van der Waals surface area contributed by atoms with Crippen molar-refractivity contribution in [3.05, 3.63) is 28.8 Å². The molecule has 1 aliphatic carbocycles. The molecule has 0 aromatic heterocycles. The lowest BCUT2D eigenvalue weighted by Gasteiger charge is -2.29. The van der Waals surface area contributed by atoms with Gasteiger partial charge in [-0.3, -0.25) is 0 Å². The summed E-state index contributed by atoms with van der Waals surface area (Å²) in [6, 6.07) is 4.81. The Morgan fingerprint density at radius 1 is 1.12 bits per heavy atom. The van der Waals surface area contributed by atoms with Crippen LogP contribution in [0.3, 0.4) is 0 Å². The maximum Gasteiger partial charge on any atom is 0.122 e. The van der Waals surface area contributed by atoms with Gasteiger partial charge in [0.2, 0.25) is 0 Å². The summed E-state index contributed by atoms with van der Waals surface area (Å²) in [5.41, 5.74) is 10.0. The van der Waals surface area contributed by atoms with Gasteiger partial charge in [0.1, 0.15) is 5.75 Å². The standard InChI is InChI=1S/C15H23NO/c1-10-8-11(2)15(14(9-10)17-3)12-4-6-13(16)7-5-12/h8-9,12-13H,4-7,16H2,1-3H3. The number of hydrogen-bond acceptors (Lipinski definition) is 2. The molecule has 1 aromatic carbocycles. The van der Waals surface area contributed by atoms with E-state index >= 15 is 0 Å². The van der Waals surface area contributed by atoms with Crippen molar-refractivity contribution >= 4 is 0 Å². The van der Waals surface area contributed by atoms with E-state index in [4.69, 9.17) is 10.5 Å². The van der Waals surface area contributed by atoms with E-state index in [9.17, 15) is 0 Å². The van der Waals surface area contributed by atoms with Crippen molar-refractivity contribution in [3.63, 3.8) is 0 Å². The van der Waals surface area contributed by atoms with E-state index in [0.29, 0.717) is 12.0 Å². The maximum absolute atomic E-state index is 5.98. The van der Waals surface area contributed by atoms with Crippen LogP contribution >= 0.6 is 0 Å². The number of aryl methyl sites for hydroxylation is 2. The van der Waals surface area contributed by atoms with Crippen LogP contribution in [0.2, 0.25) is 0 Å². The van der Waals surface area contributed by atoms with Crippen LogP contribution in [0.4, 0.5) is 0 Å². The molecule has 0 bridgehead atoms. The Labute approximate surface area is 104 Å². The van der Waals surface area contributed by atoms with Crippen molar-refractivity contribution in [1.82, 2.24) is 0 Å². The van der Waals surface area contributed by atoms with Crippen molar-refractivity contribution in [2.75, 3.05) is 7.11 Å². The van der Waals surface area contributed by atoms with Crippen LogP contribution in [0.5, 0.6) is 5.75 Å². The molecule has 17 heavy (non-hydrogen) atoms. The topological polar surface area (TPSA) is 35.2 Å². The first-order valence-corrected chi connectivity index (χ1v) is 6.52. The van der Waals surface area contributed by atoms with Crippen LogP contribution in [-0.2, 0) is 0 Å². The van der Waals surface area contributed by atoms with Gasteiger partial charge in [0.15, 0.2) is 0 Å². The maximum atomic E-state index is 5.98. The Balaban J connectivity index is 2.31. The Morgan fingerprint density at radius 3 is 2.35 bits per heavy atom. The molecule has 0 amide bonds. The minimum Gasteiger partial charge on any atom is -0.496 e. The highest BCUT2D eigenvalue weighted by atomic mass is 16.5. The summed E-state index contributed by atoms with van der Waals surface area (Å²) in [4.78, 5) is 0. The fourth-order valence-corrected chi connectivity index (χ4v) is 3.04. The van der Waals surface area contributed by atoms with E-state index in [1.165, 1.54) is 29.5 Å². The Bertz CT molecular complexity index is 392. The summed E-state index contributed by atoms with van der Waals surface area (Å²) < 4.78 is 5.56. The summed E-state index contributed by atoms with van der Waals surface area (Å²) in [7, 11) is 1.77. The third-order valence-electron chi connectivity index (χ3n) is 3.89. The van der Waals surface area contributed by atoms with Crippen LogP contribution in [0, 0.1) is 13.8 Å². The minimum atomic E-state index is 0.406. The van der Waals surface area contributed by atoms with Gasteiger partial charge in [-0.05, 0) is 62.6 Å². The Hall–Kier alpha value is -1.02. The lowest BCUT2D eigenvalue weighted by molar-refractivity contribution is 0.368. The van der Waals surface area contributed by atoms with E-state index in [0.717, 1.165) is 18.6 Å². The monoisotopic (exact) mass is 233 g/mol. The number of methoxy groups -OCH3 is 1. The van der Waals surface area contributed by atoms with Crippen LogP contribution in [0.15, 0.2) is 12.1 Å². The molecule has 2 heteroatoms. The van der Waals surface area contributed by atoms with Crippen LogP contribution in [0.1, 0.15) is 48.3 Å². The first-order valence-electron chi connectivity index (χ1n) is 6.52. The van der Waals surface area contributed by atoms with E-state index in [2.05, 4.69) is 26.0 Å². The van der Waals surface area contributed by atoms with Crippen molar-refractivity contribution in [2.45, 2.75) is 51.5 Å². The lowest BCUT2D eigenvalue weighted by Crippen LogP contribution is -2.26. The predicted octanol–water partition coefficient (Wildman–Crippen LogP) is 3.30. The minimum absolute atomic E-state index is 0.406. The zero-order valence-corrected chi connectivity index (χ0v) is 11.1. The molecule has 0 heterocycles. The highest BCUT2D eigenvalue weighted by Crippen LogP contribution is 2.39. The van der Waals surface area contributed by atoms with Gasteiger partial charge in [0, 0.05) is 11.6 Å². The summed E-state index contributed by atoms with van der Waals surface area (Å²) in [5, 5.41) is 0. The van der Waals surface area contributed by atoms with Crippen LogP contribution in [0.25, 0.3) is 0 Å². The van der Waals surface area contributed by atoms with E-state index in [1.807, 2.05) is 0 Å². The molecule has 1 fully saturated rings. The summed E-state index contributed by atoms with van der Waals surface area (Å²) >= 11 is 0. The van der Waals surface area contributed by atoms with Crippen molar-refractivity contribution in [1.29, 1.82) is 0 Å². The Kier molecular flexibility index (Phi) is 3.72. The molecule has 0 spiro atoms. The number of nitrogens with two attached hydrogens (primary N) is 1. The highest BCUT2D eigenvalue weighted by molar-refractivity contribution is 5.45. The molecular formula is C15H23NO. The molecule has 1 saturated carbocycles. The zero-order chi connectivity index (χ0) is 12.4. The molecule has 2 N–H and O–H groups in total. The van der Waals surface area contributed by atoms with Gasteiger partial charge >= 0.3 is 0 Å². The van der Waals surface area contributed by atoms with Gasteiger partial charge in [0.25, 0.3) is 0 Å². The number of benzene rings is 1. The third kappa shape index (κ3) is 2.63. The van der Waals surface area contributed by atoms with E-state index in [1.54, 1.807) is 7.11 Å². The Morgan fingerprint density at radius 2 is 1.76 bits per heavy atom. The normalized spacial score (nSPS) is 24.7. The summed E-state index contributed by atoms with van der Waals surface area (Å²) in [6.45, 7) is 4.31. The molecule has 1 aliphatic rings. The summed E-state index contributed by atoms with van der Waals surface area (Å²) in [5.74, 6) is 1.69. The largest absolute Gasteiger partial charge is 0.496 e. The average Bonchev–Trinajstić information content (AvgIpc) is 2.30. The second-order valence-electron chi connectivity index (χ2n) is 5.31. The second kappa shape index (κ2) is 5.09. The molecule has 0 atom stereocenters. The van der Waals surface area contributed by atoms with Gasteiger partial charge in [0.05, 0.1) is 7.11 Å². The predicted molar refractivity (Wildman–Crippen MR) is 71.7 cm³/mol. The second-order valence-corrected chi connectivity index (χ2v) is 5.31. The molecule has 0 unspecified atom stereocenters. The molecule has 0 saturated heterocycles. The van der Waals surface area contributed by atoms with Gasteiger partial charge < -0.3 is 10.5 Å². The van der Waals surface area contributed by atoms with Gasteiger partial charge in [-0.25, -0.2) is 0 Å². The van der Waals surface area contributed by atoms with Crippen molar-refractivity contribution in [3.8, 4) is 5.75 Å². The molecular weight excluding hydrogens is 210 g/mol. The first-order chi connectivity index (χ1) is 8.11. The van der Waals surface area contributed by atoms with Gasteiger partial charge in [-0.1, -0.05) is 6.07 Å². The molecule has 0 radical (unpaired) electrons. The van der Waals surface area contributed by atoms with Crippen molar-refractivity contribution in [2.24, 2.45) is 5.73 Å². The molecule has 1 aromatic rings. The van der Waals surface area contributed by atoms with E-state index in [-0.39, 0.29) is 0 Å². The zero-order valence-electron chi connectivity index (χ0n) is 11.1. The number of ether oxygens (including phenoxy) is 1. The van der Waals surface area contributed by atoms with Gasteiger partial charge in [-0.2, -0.15) is 0 Å². The lowest BCUT2D eigenvalue weighted by atomic mass is 9.80. The average molecular weight is 233 g/mol. The molecule has 2 rings (SSSR count). The number of hydrogen-bond donors (Lipinski definition) is 1. The fourth-order valence-electron chi connectivity index (χ4n) is 3.04. The quantitative estimate of drug-likeness (QED) is 0.850. The van der Waals surface area contributed by atoms with E-state index < -0.39 is 0 Å². The van der Waals surface area contributed by atoms with Gasteiger partial charge in [-0.15, -0.1) is 0 Å². The molecule has 0 aliphatic heterocycles. The van der Waals surface area contributed by atoms with Crippen LogP contribution < -0.4 is 10.5 Å².